The van der Waals surface area contributed by atoms with Crippen LogP contribution in [0.15, 0.2) is 0 Å². The third-order valence-electron chi connectivity index (χ3n) is 7.90. The second-order valence-electron chi connectivity index (χ2n) is 14.1. The molecule has 0 radical (unpaired) electrons. The van der Waals surface area contributed by atoms with Gasteiger partial charge in [0.05, 0.1) is 18.7 Å². The number of nitrogens with two attached hydrogens (primary N) is 1. The van der Waals surface area contributed by atoms with Crippen LogP contribution in [0.2, 0.25) is 0 Å². The second kappa shape index (κ2) is 14.9. The minimum atomic E-state index is -1.16. The summed E-state index contributed by atoms with van der Waals surface area (Å²) >= 11 is 0. The molecular weight excluding hydrogens is 556 g/mol. The topological polar surface area (TPSA) is 180 Å². The molecule has 4 atom stereocenters. The number of nitrogens with one attached hydrogen (secondary N) is 3. The standard InChI is InChI=1S/C26H44N6O7.C4H8/c1-15(18(33)20(27)34)28-21(35)16-10-8-12-32(16)22(36)19(26(5,6)7)30-23(37)29-17(25(2,3)4)14-31-11-9-13-39-24(31)38;1-4-2-3-4/h15-17,19H,8-14H2,1-7H3,(H2,27,34)(H,28,35)(H2,29,30,37);4H,2-3H2,1H3/t15?,16-,17+,19+;/m0./s1. The first kappa shape index (κ1) is 35.8. The van der Waals surface area contributed by atoms with Gasteiger partial charge in [0.1, 0.15) is 12.1 Å². The summed E-state index contributed by atoms with van der Waals surface area (Å²) in [5, 5.41) is 8.19. The van der Waals surface area contributed by atoms with Crippen LogP contribution >= 0.6 is 0 Å². The number of Topliss-reactive ketones (excluding diaryl/α,β-unsaturated/α-hetero) is 1. The largest absolute Gasteiger partial charge is 0.449 e. The van der Waals surface area contributed by atoms with Crippen molar-refractivity contribution in [1.29, 1.82) is 0 Å². The Hall–Kier alpha value is -3.38. The number of hydrogen-bond donors (Lipinski definition) is 4. The molecule has 1 saturated carbocycles. The van der Waals surface area contributed by atoms with Crippen molar-refractivity contribution in [3.63, 3.8) is 0 Å². The van der Waals surface area contributed by atoms with Crippen molar-refractivity contribution >= 4 is 35.6 Å². The van der Waals surface area contributed by atoms with Gasteiger partial charge in [0.15, 0.2) is 0 Å². The zero-order chi connectivity index (χ0) is 32.7. The molecule has 2 heterocycles. The van der Waals surface area contributed by atoms with Crippen molar-refractivity contribution in [2.75, 3.05) is 26.2 Å². The lowest BCUT2D eigenvalue weighted by molar-refractivity contribution is -0.143. The van der Waals surface area contributed by atoms with Gasteiger partial charge < -0.3 is 36.2 Å². The Morgan fingerprint density at radius 3 is 2.02 bits per heavy atom. The maximum atomic E-state index is 13.7. The molecule has 2 saturated heterocycles. The Morgan fingerprint density at radius 2 is 1.53 bits per heavy atom. The summed E-state index contributed by atoms with van der Waals surface area (Å²) in [5.41, 5.74) is 3.90. The minimum absolute atomic E-state index is 0.250. The second-order valence-corrected chi connectivity index (χ2v) is 14.1. The third-order valence-corrected chi connectivity index (χ3v) is 7.90. The summed E-state index contributed by atoms with van der Waals surface area (Å²) in [6.45, 7) is 16.3. The molecule has 6 amide bonds. The summed E-state index contributed by atoms with van der Waals surface area (Å²) in [6, 6.07) is -3.97. The fourth-order valence-corrected chi connectivity index (χ4v) is 4.72. The van der Waals surface area contributed by atoms with Crippen LogP contribution in [-0.4, -0.2) is 95.8 Å². The van der Waals surface area contributed by atoms with Crippen molar-refractivity contribution in [3.8, 4) is 0 Å². The molecule has 3 aliphatic rings. The molecule has 0 aromatic heterocycles. The first-order valence-corrected chi connectivity index (χ1v) is 15.3. The van der Waals surface area contributed by atoms with Gasteiger partial charge in [0.25, 0.3) is 5.91 Å². The van der Waals surface area contributed by atoms with E-state index >= 15 is 0 Å². The van der Waals surface area contributed by atoms with Crippen molar-refractivity contribution in [1.82, 2.24) is 25.8 Å². The Kier molecular flexibility index (Phi) is 12.4. The highest BCUT2D eigenvalue weighted by atomic mass is 16.6. The number of primary amides is 1. The van der Waals surface area contributed by atoms with Gasteiger partial charge in [-0.1, -0.05) is 61.3 Å². The molecule has 13 nitrogen and oxygen atoms in total. The zero-order valence-electron chi connectivity index (χ0n) is 27.1. The number of ketones is 1. The lowest BCUT2D eigenvalue weighted by atomic mass is 9.85. The van der Waals surface area contributed by atoms with Crippen LogP contribution in [-0.2, 0) is 23.9 Å². The summed E-state index contributed by atoms with van der Waals surface area (Å²) < 4.78 is 5.12. The van der Waals surface area contributed by atoms with E-state index in [2.05, 4.69) is 22.9 Å². The molecule has 3 fully saturated rings. The molecule has 1 aliphatic carbocycles. The van der Waals surface area contributed by atoms with Crippen molar-refractivity contribution in [3.05, 3.63) is 0 Å². The van der Waals surface area contributed by atoms with Crippen LogP contribution in [0.1, 0.15) is 87.5 Å². The van der Waals surface area contributed by atoms with Crippen molar-refractivity contribution in [2.24, 2.45) is 22.5 Å². The third kappa shape index (κ3) is 11.0. The highest BCUT2D eigenvalue weighted by Gasteiger charge is 2.43. The van der Waals surface area contributed by atoms with E-state index < -0.39 is 70.6 Å². The van der Waals surface area contributed by atoms with Crippen LogP contribution in [0.4, 0.5) is 9.59 Å². The molecule has 5 N–H and O–H groups in total. The summed E-state index contributed by atoms with van der Waals surface area (Å²) in [4.78, 5) is 77.9. The van der Waals surface area contributed by atoms with Crippen LogP contribution in [0.25, 0.3) is 0 Å². The number of urea groups is 1. The highest BCUT2D eigenvalue weighted by molar-refractivity contribution is 6.37. The summed E-state index contributed by atoms with van der Waals surface area (Å²) in [6.07, 6.45) is 4.18. The lowest BCUT2D eigenvalue weighted by Crippen LogP contribution is -2.62. The molecule has 3 rings (SSSR count). The van der Waals surface area contributed by atoms with Crippen molar-refractivity contribution < 1.29 is 33.5 Å². The zero-order valence-corrected chi connectivity index (χ0v) is 27.1. The van der Waals surface area contributed by atoms with E-state index in [0.717, 1.165) is 5.92 Å². The molecule has 1 unspecified atom stereocenters. The van der Waals surface area contributed by atoms with Gasteiger partial charge in [-0.25, -0.2) is 9.59 Å². The fraction of sp³-hybridized carbons (Fsp3) is 0.800. The lowest BCUT2D eigenvalue weighted by Gasteiger charge is -2.38. The first-order valence-electron chi connectivity index (χ1n) is 15.3. The van der Waals surface area contributed by atoms with E-state index in [1.807, 2.05) is 20.8 Å². The molecule has 0 aromatic rings. The molecular formula is C30H52N6O7. The van der Waals surface area contributed by atoms with Gasteiger partial charge in [0.2, 0.25) is 17.6 Å². The molecule has 2 aliphatic heterocycles. The highest BCUT2D eigenvalue weighted by Crippen LogP contribution is 2.27. The predicted octanol–water partition coefficient (Wildman–Crippen LogP) is 1.92. The van der Waals surface area contributed by atoms with E-state index in [0.29, 0.717) is 39.0 Å². The molecule has 244 valence electrons. The van der Waals surface area contributed by atoms with E-state index in [1.54, 1.807) is 25.7 Å². The Balaban J connectivity index is 0.00000148. The fourth-order valence-electron chi connectivity index (χ4n) is 4.72. The SMILES string of the molecule is CC(NC(=O)[C@@H]1CCCN1C(=O)[C@@H](NC(=O)N[C@H](CN1CCCOC1=O)C(C)(C)C)C(C)(C)C)C(=O)C(N)=O.CC1CC1. The van der Waals surface area contributed by atoms with Crippen LogP contribution in [0.3, 0.4) is 0 Å². The van der Waals surface area contributed by atoms with E-state index in [-0.39, 0.29) is 6.54 Å². The number of hydrogen-bond acceptors (Lipinski definition) is 7. The maximum absolute atomic E-state index is 13.7. The smallest absolute Gasteiger partial charge is 0.409 e. The molecule has 13 heteroatoms. The van der Waals surface area contributed by atoms with Gasteiger partial charge in [-0.05, 0) is 42.9 Å². The summed E-state index contributed by atoms with van der Waals surface area (Å²) in [5.74, 6) is -2.01. The van der Waals surface area contributed by atoms with Gasteiger partial charge >= 0.3 is 12.1 Å². The molecule has 0 spiro atoms. The quantitative estimate of drug-likeness (QED) is 0.289. The number of amides is 6. The van der Waals surface area contributed by atoms with E-state index in [1.165, 1.54) is 24.7 Å². The number of nitrogens with zero attached hydrogens (tertiary/aromatic N) is 2. The normalized spacial score (nSPS) is 20.9. The number of cyclic esters (lactones) is 1. The molecule has 0 aromatic carbocycles. The van der Waals surface area contributed by atoms with Gasteiger partial charge in [-0.15, -0.1) is 0 Å². The Labute approximate surface area is 255 Å². The molecule has 43 heavy (non-hydrogen) atoms. The monoisotopic (exact) mass is 608 g/mol. The molecule has 0 bridgehead atoms. The first-order chi connectivity index (χ1) is 19.8. The van der Waals surface area contributed by atoms with Crippen LogP contribution in [0.5, 0.6) is 0 Å². The number of ether oxygens (including phenoxy) is 1. The number of rotatable bonds is 9. The Bertz CT molecular complexity index is 1050. The van der Waals surface area contributed by atoms with Gasteiger partial charge in [-0.3, -0.25) is 19.2 Å². The number of carbonyl (C=O) groups excluding carboxylic acids is 6. The maximum Gasteiger partial charge on any atom is 0.409 e. The minimum Gasteiger partial charge on any atom is -0.449 e. The predicted molar refractivity (Wildman–Crippen MR) is 161 cm³/mol. The average Bonchev–Trinajstić information content (AvgIpc) is 3.52. The number of likely N-dealkylation sites (tertiary alicyclic amines) is 1. The van der Waals surface area contributed by atoms with Crippen LogP contribution in [0, 0.1) is 16.7 Å². The Morgan fingerprint density at radius 1 is 0.930 bits per heavy atom. The average molecular weight is 609 g/mol. The van der Waals surface area contributed by atoms with E-state index in [9.17, 15) is 28.8 Å². The van der Waals surface area contributed by atoms with Crippen LogP contribution < -0.4 is 21.7 Å². The van der Waals surface area contributed by atoms with Gasteiger partial charge in [-0.2, -0.15) is 0 Å². The number of carbonyl (C=O) groups is 6. The van der Waals surface area contributed by atoms with Gasteiger partial charge in [0, 0.05) is 19.6 Å². The van der Waals surface area contributed by atoms with E-state index in [4.69, 9.17) is 10.5 Å². The van der Waals surface area contributed by atoms with Crippen molar-refractivity contribution in [2.45, 2.75) is 112 Å². The summed E-state index contributed by atoms with van der Waals surface area (Å²) in [7, 11) is 0.